The highest BCUT2D eigenvalue weighted by molar-refractivity contribution is 6.35. The van der Waals surface area contributed by atoms with Crippen molar-refractivity contribution < 1.29 is 0 Å². The fourth-order valence-electron chi connectivity index (χ4n) is 1.19. The van der Waals surface area contributed by atoms with Crippen LogP contribution in [0, 0.1) is 0 Å². The molecule has 0 aliphatic rings. The van der Waals surface area contributed by atoms with Crippen LogP contribution in [0.15, 0.2) is 18.2 Å². The number of benzene rings is 1. The minimum absolute atomic E-state index is 0.332. The second-order valence-electron chi connectivity index (χ2n) is 3.65. The highest BCUT2D eigenvalue weighted by Gasteiger charge is 2.10. The van der Waals surface area contributed by atoms with E-state index in [1.165, 1.54) is 0 Å². The van der Waals surface area contributed by atoms with E-state index in [0.29, 0.717) is 22.0 Å². The summed E-state index contributed by atoms with van der Waals surface area (Å²) in [7, 11) is 2.03. The Labute approximate surface area is 106 Å². The molecule has 0 fully saturated rings. The van der Waals surface area contributed by atoms with Crippen molar-refractivity contribution in [2.24, 2.45) is 0 Å². The van der Waals surface area contributed by atoms with E-state index in [4.69, 9.17) is 34.8 Å². The fraction of sp³-hybridized carbons (Fsp3) is 0.455. The molecule has 0 N–H and O–H groups in total. The molecule has 0 aliphatic heterocycles. The Kier molecular flexibility index (Phi) is 5.20. The summed E-state index contributed by atoms with van der Waals surface area (Å²) in [4.78, 5) is 2.15. The minimum Gasteiger partial charge on any atom is -0.298 e. The lowest BCUT2D eigenvalue weighted by Crippen LogP contribution is -2.29. The molecule has 1 aromatic carbocycles. The SMILES string of the molecule is CC(CCl)N(C)Cc1ccc(Cl)cc1Cl. The number of rotatable bonds is 4. The summed E-state index contributed by atoms with van der Waals surface area (Å²) in [5.74, 6) is 0.613. The molecule has 1 nitrogen and oxygen atoms in total. The van der Waals surface area contributed by atoms with E-state index >= 15 is 0 Å². The van der Waals surface area contributed by atoms with Gasteiger partial charge in [-0.15, -0.1) is 11.6 Å². The Hall–Kier alpha value is 0.0500. The van der Waals surface area contributed by atoms with Gasteiger partial charge in [-0.1, -0.05) is 29.3 Å². The Bertz CT molecular complexity index is 328. The molecule has 0 aromatic heterocycles. The third-order valence-corrected chi connectivity index (χ3v) is 3.44. The van der Waals surface area contributed by atoms with Gasteiger partial charge in [0.05, 0.1) is 0 Å². The van der Waals surface area contributed by atoms with Crippen LogP contribution in [0.2, 0.25) is 10.0 Å². The van der Waals surface area contributed by atoms with Gasteiger partial charge in [0.15, 0.2) is 0 Å². The van der Waals surface area contributed by atoms with Gasteiger partial charge in [0.1, 0.15) is 0 Å². The predicted molar refractivity (Wildman–Crippen MR) is 68.1 cm³/mol. The molecule has 0 saturated carbocycles. The Morgan fingerprint density at radius 2 is 2.00 bits per heavy atom. The van der Waals surface area contributed by atoms with Gasteiger partial charge in [0.25, 0.3) is 0 Å². The van der Waals surface area contributed by atoms with Crippen LogP contribution in [0.3, 0.4) is 0 Å². The zero-order valence-electron chi connectivity index (χ0n) is 8.80. The van der Waals surface area contributed by atoms with Crippen LogP contribution in [0.25, 0.3) is 0 Å². The smallest absolute Gasteiger partial charge is 0.0465 e. The van der Waals surface area contributed by atoms with Crippen molar-refractivity contribution in [2.45, 2.75) is 19.5 Å². The first-order valence-corrected chi connectivity index (χ1v) is 6.03. The second kappa shape index (κ2) is 5.95. The highest BCUT2D eigenvalue weighted by atomic mass is 35.5. The summed E-state index contributed by atoms with van der Waals surface area (Å²) in [6.07, 6.45) is 0. The van der Waals surface area contributed by atoms with Crippen molar-refractivity contribution in [1.82, 2.24) is 4.90 Å². The first kappa shape index (κ1) is 13.1. The summed E-state index contributed by atoms with van der Waals surface area (Å²) in [6, 6.07) is 5.89. The van der Waals surface area contributed by atoms with Crippen LogP contribution in [0.4, 0.5) is 0 Å². The zero-order chi connectivity index (χ0) is 11.4. The fourth-order valence-corrected chi connectivity index (χ4v) is 1.90. The maximum Gasteiger partial charge on any atom is 0.0465 e. The van der Waals surface area contributed by atoms with Gasteiger partial charge in [-0.05, 0) is 31.7 Å². The van der Waals surface area contributed by atoms with Crippen molar-refractivity contribution in [2.75, 3.05) is 12.9 Å². The number of alkyl halides is 1. The summed E-state index contributed by atoms with van der Waals surface area (Å²) in [5, 5.41) is 1.37. The number of hydrogen-bond donors (Lipinski definition) is 0. The van der Waals surface area contributed by atoms with E-state index in [1.807, 2.05) is 19.2 Å². The van der Waals surface area contributed by atoms with Crippen LogP contribution in [0.5, 0.6) is 0 Å². The molecule has 0 bridgehead atoms. The third-order valence-electron chi connectivity index (χ3n) is 2.41. The van der Waals surface area contributed by atoms with E-state index in [0.717, 1.165) is 12.1 Å². The summed E-state index contributed by atoms with van der Waals surface area (Å²) in [5.41, 5.74) is 1.07. The molecule has 1 unspecified atom stereocenters. The molecule has 4 heteroatoms. The van der Waals surface area contributed by atoms with Crippen molar-refractivity contribution in [3.05, 3.63) is 33.8 Å². The normalized spacial score (nSPS) is 13.2. The van der Waals surface area contributed by atoms with Crippen LogP contribution in [-0.2, 0) is 6.54 Å². The molecule has 15 heavy (non-hydrogen) atoms. The van der Waals surface area contributed by atoms with Crippen LogP contribution in [-0.4, -0.2) is 23.9 Å². The maximum absolute atomic E-state index is 6.08. The minimum atomic E-state index is 0.332. The topological polar surface area (TPSA) is 3.24 Å². The molecule has 1 rings (SSSR count). The van der Waals surface area contributed by atoms with Crippen molar-refractivity contribution in [1.29, 1.82) is 0 Å². The van der Waals surface area contributed by atoms with Gasteiger partial charge in [0, 0.05) is 28.5 Å². The summed E-state index contributed by atoms with van der Waals surface area (Å²) in [6.45, 7) is 2.86. The Balaban J connectivity index is 2.72. The number of nitrogens with zero attached hydrogens (tertiary/aromatic N) is 1. The predicted octanol–water partition coefficient (Wildman–Crippen LogP) is 4.05. The van der Waals surface area contributed by atoms with E-state index < -0.39 is 0 Å². The Morgan fingerprint density at radius 3 is 2.53 bits per heavy atom. The third kappa shape index (κ3) is 3.84. The van der Waals surface area contributed by atoms with Gasteiger partial charge in [-0.3, -0.25) is 4.90 Å². The summed E-state index contributed by atoms with van der Waals surface area (Å²) < 4.78 is 0. The van der Waals surface area contributed by atoms with Crippen LogP contribution in [0.1, 0.15) is 12.5 Å². The zero-order valence-corrected chi connectivity index (χ0v) is 11.1. The molecule has 84 valence electrons. The second-order valence-corrected chi connectivity index (χ2v) is 4.81. The quantitative estimate of drug-likeness (QED) is 0.743. The molecule has 0 amide bonds. The molecular formula is C11H14Cl3N. The monoisotopic (exact) mass is 265 g/mol. The molecule has 0 radical (unpaired) electrons. The molecule has 1 atom stereocenters. The van der Waals surface area contributed by atoms with Gasteiger partial charge in [-0.2, -0.15) is 0 Å². The van der Waals surface area contributed by atoms with Crippen molar-refractivity contribution in [3.63, 3.8) is 0 Å². The molecule has 1 aromatic rings. The Morgan fingerprint density at radius 1 is 1.33 bits per heavy atom. The van der Waals surface area contributed by atoms with E-state index in [1.54, 1.807) is 6.07 Å². The molecular weight excluding hydrogens is 252 g/mol. The lowest BCUT2D eigenvalue weighted by atomic mass is 10.2. The number of hydrogen-bond acceptors (Lipinski definition) is 1. The van der Waals surface area contributed by atoms with Gasteiger partial charge >= 0.3 is 0 Å². The number of halogens is 3. The average molecular weight is 267 g/mol. The van der Waals surface area contributed by atoms with Gasteiger partial charge < -0.3 is 0 Å². The standard InChI is InChI=1S/C11H14Cl3N/c1-8(6-12)15(2)7-9-3-4-10(13)5-11(9)14/h3-5,8H,6-7H2,1-2H3. The largest absolute Gasteiger partial charge is 0.298 e. The summed E-state index contributed by atoms with van der Waals surface area (Å²) >= 11 is 17.7. The maximum atomic E-state index is 6.08. The highest BCUT2D eigenvalue weighted by Crippen LogP contribution is 2.22. The lowest BCUT2D eigenvalue weighted by Gasteiger charge is -2.23. The van der Waals surface area contributed by atoms with Gasteiger partial charge in [-0.25, -0.2) is 0 Å². The molecule has 0 saturated heterocycles. The lowest BCUT2D eigenvalue weighted by molar-refractivity contribution is 0.268. The van der Waals surface area contributed by atoms with Crippen LogP contribution < -0.4 is 0 Å². The van der Waals surface area contributed by atoms with E-state index in [-0.39, 0.29) is 0 Å². The molecule has 0 heterocycles. The van der Waals surface area contributed by atoms with Crippen molar-refractivity contribution in [3.8, 4) is 0 Å². The van der Waals surface area contributed by atoms with E-state index in [9.17, 15) is 0 Å². The van der Waals surface area contributed by atoms with Crippen molar-refractivity contribution >= 4 is 34.8 Å². The molecule has 0 spiro atoms. The first-order valence-electron chi connectivity index (χ1n) is 4.74. The first-order chi connectivity index (χ1) is 7.04. The average Bonchev–Trinajstić information content (AvgIpc) is 2.20. The van der Waals surface area contributed by atoms with E-state index in [2.05, 4.69) is 11.8 Å². The van der Waals surface area contributed by atoms with Crippen LogP contribution >= 0.6 is 34.8 Å². The van der Waals surface area contributed by atoms with Gasteiger partial charge in [0.2, 0.25) is 0 Å². The molecule has 0 aliphatic carbocycles.